The fourth-order valence-electron chi connectivity index (χ4n) is 1.99. The Hall–Kier alpha value is -1.10. The number of nitrogens with zero attached hydrogens (tertiary/aromatic N) is 1. The van der Waals surface area contributed by atoms with Gasteiger partial charge in [0.25, 0.3) is 0 Å². The van der Waals surface area contributed by atoms with E-state index in [-0.39, 0.29) is 18.9 Å². The smallest absolute Gasteiger partial charge is 0.305 e. The molecule has 0 aliphatic heterocycles. The van der Waals surface area contributed by atoms with Gasteiger partial charge in [0.1, 0.15) is 0 Å². The summed E-state index contributed by atoms with van der Waals surface area (Å²) in [6.45, 7) is 4.33. The topological polar surface area (TPSA) is 77.8 Å². The Morgan fingerprint density at radius 2 is 1.50 bits per heavy atom. The van der Waals surface area contributed by atoms with Crippen molar-refractivity contribution in [3.63, 3.8) is 0 Å². The molecule has 5 heteroatoms. The van der Waals surface area contributed by atoms with Gasteiger partial charge in [0, 0.05) is 6.42 Å². The molecule has 0 atom stereocenters. The summed E-state index contributed by atoms with van der Waals surface area (Å²) < 4.78 is 0. The highest BCUT2D eigenvalue weighted by atomic mass is 16.5. The van der Waals surface area contributed by atoms with Crippen LogP contribution in [-0.2, 0) is 9.59 Å². The van der Waals surface area contributed by atoms with Crippen molar-refractivity contribution >= 4 is 11.9 Å². The lowest BCUT2D eigenvalue weighted by atomic mass is 10.0. The van der Waals surface area contributed by atoms with Gasteiger partial charge in [0.05, 0.1) is 13.0 Å². The van der Waals surface area contributed by atoms with Gasteiger partial charge in [-0.25, -0.2) is 5.06 Å². The van der Waals surface area contributed by atoms with E-state index in [2.05, 4.69) is 13.8 Å². The fourth-order valence-corrected chi connectivity index (χ4v) is 1.99. The zero-order chi connectivity index (χ0) is 15.4. The van der Waals surface area contributed by atoms with Gasteiger partial charge in [-0.05, 0) is 12.3 Å². The van der Waals surface area contributed by atoms with Gasteiger partial charge in [-0.3, -0.25) is 14.8 Å². The summed E-state index contributed by atoms with van der Waals surface area (Å²) in [7, 11) is 0. The molecular formula is C15H29NO4. The van der Waals surface area contributed by atoms with Crippen LogP contribution in [0.2, 0.25) is 0 Å². The Kier molecular flexibility index (Phi) is 11.1. The van der Waals surface area contributed by atoms with E-state index in [0.29, 0.717) is 11.5 Å². The molecule has 0 spiro atoms. The molecule has 0 bridgehead atoms. The number of aliphatic carboxylic acids is 1. The van der Waals surface area contributed by atoms with Gasteiger partial charge in [-0.15, -0.1) is 0 Å². The number of unbranched alkanes of at least 4 members (excludes halogenated alkanes) is 5. The van der Waals surface area contributed by atoms with E-state index >= 15 is 0 Å². The van der Waals surface area contributed by atoms with Gasteiger partial charge in [0.15, 0.2) is 0 Å². The van der Waals surface area contributed by atoms with Crippen LogP contribution in [0.3, 0.4) is 0 Å². The summed E-state index contributed by atoms with van der Waals surface area (Å²) in [5.41, 5.74) is 0. The average Bonchev–Trinajstić information content (AvgIpc) is 2.38. The monoisotopic (exact) mass is 287 g/mol. The first-order valence-corrected chi connectivity index (χ1v) is 7.64. The van der Waals surface area contributed by atoms with E-state index in [9.17, 15) is 14.8 Å². The molecule has 1 amide bonds. The number of amides is 1. The van der Waals surface area contributed by atoms with Crippen molar-refractivity contribution < 1.29 is 19.9 Å². The lowest BCUT2D eigenvalue weighted by Crippen LogP contribution is -2.29. The number of hydrogen-bond acceptors (Lipinski definition) is 3. The minimum absolute atomic E-state index is 0.136. The van der Waals surface area contributed by atoms with Crippen molar-refractivity contribution in [1.29, 1.82) is 0 Å². The highest BCUT2D eigenvalue weighted by Gasteiger charge is 2.11. The van der Waals surface area contributed by atoms with Crippen LogP contribution < -0.4 is 0 Å². The highest BCUT2D eigenvalue weighted by Crippen LogP contribution is 2.12. The van der Waals surface area contributed by atoms with E-state index in [1.165, 1.54) is 25.7 Å². The number of carbonyl (C=O) groups excluding carboxylic acids is 1. The van der Waals surface area contributed by atoms with Crippen LogP contribution in [0.25, 0.3) is 0 Å². The van der Waals surface area contributed by atoms with E-state index in [1.54, 1.807) is 0 Å². The van der Waals surface area contributed by atoms with Crippen molar-refractivity contribution in [3.05, 3.63) is 0 Å². The molecule has 0 saturated carbocycles. The summed E-state index contributed by atoms with van der Waals surface area (Å²) in [5, 5.41) is 18.3. The van der Waals surface area contributed by atoms with Crippen LogP contribution in [0, 0.1) is 5.92 Å². The number of carbonyl (C=O) groups is 2. The van der Waals surface area contributed by atoms with Gasteiger partial charge in [0.2, 0.25) is 5.91 Å². The minimum atomic E-state index is -1.02. The molecule has 0 aromatic heterocycles. The Morgan fingerprint density at radius 3 is 2.05 bits per heavy atom. The van der Waals surface area contributed by atoms with Crippen LogP contribution in [0.15, 0.2) is 0 Å². The molecule has 0 aromatic carbocycles. The Morgan fingerprint density at radius 1 is 0.950 bits per heavy atom. The fraction of sp³-hybridized carbons (Fsp3) is 0.867. The Balaban J connectivity index is 3.41. The standard InChI is InChI=1S/C15H29NO4/c1-13(2)9-7-5-3-4-6-8-10-14(17)16(20)12-11-15(18)19/h13,20H,3-12H2,1-2H3,(H,18,19). The first-order valence-electron chi connectivity index (χ1n) is 7.64. The molecule has 0 fully saturated rings. The van der Waals surface area contributed by atoms with Crippen molar-refractivity contribution in [3.8, 4) is 0 Å². The molecule has 2 N–H and O–H groups in total. The van der Waals surface area contributed by atoms with Gasteiger partial charge >= 0.3 is 5.97 Å². The number of carboxylic acid groups (broad SMARTS) is 1. The lowest BCUT2D eigenvalue weighted by molar-refractivity contribution is -0.167. The predicted molar refractivity (Wildman–Crippen MR) is 77.5 cm³/mol. The molecule has 20 heavy (non-hydrogen) atoms. The SMILES string of the molecule is CC(C)CCCCCCCCC(=O)N(O)CCC(=O)O. The highest BCUT2D eigenvalue weighted by molar-refractivity contribution is 5.75. The van der Waals surface area contributed by atoms with Gasteiger partial charge in [-0.2, -0.15) is 0 Å². The summed E-state index contributed by atoms with van der Waals surface area (Å²) in [6, 6.07) is 0. The zero-order valence-corrected chi connectivity index (χ0v) is 12.8. The maximum absolute atomic E-state index is 11.4. The zero-order valence-electron chi connectivity index (χ0n) is 12.8. The van der Waals surface area contributed by atoms with Crippen LogP contribution in [0.1, 0.15) is 71.6 Å². The number of hydroxylamine groups is 2. The lowest BCUT2D eigenvalue weighted by Gasteiger charge is -2.13. The third-order valence-corrected chi connectivity index (χ3v) is 3.25. The number of hydrogen-bond donors (Lipinski definition) is 2. The van der Waals surface area contributed by atoms with Crippen molar-refractivity contribution in [2.45, 2.75) is 71.6 Å². The summed E-state index contributed by atoms with van der Waals surface area (Å²) >= 11 is 0. The molecule has 0 heterocycles. The van der Waals surface area contributed by atoms with Crippen LogP contribution >= 0.6 is 0 Å². The molecule has 118 valence electrons. The maximum Gasteiger partial charge on any atom is 0.305 e. The van der Waals surface area contributed by atoms with Crippen molar-refractivity contribution in [2.75, 3.05) is 6.54 Å². The third-order valence-electron chi connectivity index (χ3n) is 3.25. The van der Waals surface area contributed by atoms with Crippen molar-refractivity contribution in [2.24, 2.45) is 5.92 Å². The molecule has 0 unspecified atom stereocenters. The van der Waals surface area contributed by atoms with E-state index in [4.69, 9.17) is 5.11 Å². The largest absolute Gasteiger partial charge is 0.481 e. The molecule has 0 rings (SSSR count). The summed E-state index contributed by atoms with van der Waals surface area (Å²) in [4.78, 5) is 21.8. The van der Waals surface area contributed by atoms with Crippen LogP contribution in [-0.4, -0.2) is 33.8 Å². The number of carboxylic acids is 1. The van der Waals surface area contributed by atoms with E-state index in [1.807, 2.05) is 0 Å². The molecule has 0 aliphatic rings. The molecule has 0 radical (unpaired) electrons. The van der Waals surface area contributed by atoms with Gasteiger partial charge < -0.3 is 5.11 Å². The second-order valence-corrected chi connectivity index (χ2v) is 5.71. The summed E-state index contributed by atoms with van der Waals surface area (Å²) in [5.74, 6) is -0.627. The molecule has 5 nitrogen and oxygen atoms in total. The average molecular weight is 287 g/mol. The Labute approximate surface area is 121 Å². The molecule has 0 saturated heterocycles. The normalized spacial score (nSPS) is 10.8. The predicted octanol–water partition coefficient (Wildman–Crippen LogP) is 3.46. The number of rotatable bonds is 12. The Bertz CT molecular complexity index is 279. The summed E-state index contributed by atoms with van der Waals surface area (Å²) in [6.07, 6.45) is 7.93. The first-order chi connectivity index (χ1) is 9.43. The van der Waals surface area contributed by atoms with E-state index < -0.39 is 5.97 Å². The second kappa shape index (κ2) is 11.7. The minimum Gasteiger partial charge on any atom is -0.481 e. The van der Waals surface area contributed by atoms with Gasteiger partial charge in [-0.1, -0.05) is 52.4 Å². The molecule has 0 aromatic rings. The van der Waals surface area contributed by atoms with Crippen LogP contribution in [0.5, 0.6) is 0 Å². The maximum atomic E-state index is 11.4. The second-order valence-electron chi connectivity index (χ2n) is 5.71. The first kappa shape index (κ1) is 18.9. The van der Waals surface area contributed by atoms with E-state index in [0.717, 1.165) is 25.2 Å². The molecular weight excluding hydrogens is 258 g/mol. The van der Waals surface area contributed by atoms with Crippen molar-refractivity contribution in [1.82, 2.24) is 5.06 Å². The quantitative estimate of drug-likeness (QED) is 0.327. The molecule has 0 aliphatic carbocycles. The van der Waals surface area contributed by atoms with Crippen LogP contribution in [0.4, 0.5) is 0 Å². The third kappa shape index (κ3) is 12.0.